The molecule has 0 saturated heterocycles. The number of pyridine rings is 1. The van der Waals surface area contributed by atoms with E-state index in [1.54, 1.807) is 13.3 Å². The second-order valence-electron chi connectivity index (χ2n) is 4.02. The van der Waals surface area contributed by atoms with E-state index in [9.17, 15) is 4.79 Å². The Morgan fingerprint density at radius 1 is 1.28 bits per heavy atom. The van der Waals surface area contributed by atoms with E-state index in [0.29, 0.717) is 5.75 Å². The van der Waals surface area contributed by atoms with Crippen molar-refractivity contribution < 1.29 is 14.3 Å². The Balaban J connectivity index is 2.68. The number of aryl methyl sites for hydroxylation is 1. The Kier molecular flexibility index (Phi) is 3.46. The number of ether oxygens (including phenoxy) is 2. The zero-order chi connectivity index (χ0) is 13.1. The zero-order valence-corrected chi connectivity index (χ0v) is 10.7. The van der Waals surface area contributed by atoms with Crippen LogP contribution in [0.4, 0.5) is 0 Å². The number of carbonyl (C=O) groups excluding carboxylic acids is 1. The van der Waals surface area contributed by atoms with E-state index in [1.165, 1.54) is 7.11 Å². The highest BCUT2D eigenvalue weighted by Gasteiger charge is 2.14. The van der Waals surface area contributed by atoms with Gasteiger partial charge in [-0.1, -0.05) is 0 Å². The highest BCUT2D eigenvalue weighted by molar-refractivity contribution is 5.91. The monoisotopic (exact) mass is 245 g/mol. The summed E-state index contributed by atoms with van der Waals surface area (Å²) < 4.78 is 10.0. The molecule has 18 heavy (non-hydrogen) atoms. The molecule has 0 fully saturated rings. The van der Waals surface area contributed by atoms with Gasteiger partial charge in [-0.15, -0.1) is 0 Å². The van der Waals surface area contributed by atoms with Crippen LogP contribution in [0.2, 0.25) is 0 Å². The van der Waals surface area contributed by atoms with Crippen molar-refractivity contribution in [2.75, 3.05) is 14.2 Å². The van der Waals surface area contributed by atoms with Crippen LogP contribution in [0, 0.1) is 6.92 Å². The average molecular weight is 245 g/mol. The van der Waals surface area contributed by atoms with Gasteiger partial charge in [-0.3, -0.25) is 9.78 Å². The minimum atomic E-state index is -0.288. The van der Waals surface area contributed by atoms with Crippen LogP contribution < -0.4 is 4.74 Å². The lowest BCUT2D eigenvalue weighted by Crippen LogP contribution is -2.07. The highest BCUT2D eigenvalue weighted by Crippen LogP contribution is 2.29. The van der Waals surface area contributed by atoms with Gasteiger partial charge in [0.15, 0.2) is 0 Å². The number of hydrogen-bond acceptors (Lipinski definition) is 4. The predicted octanol–water partition coefficient (Wildman–Crippen LogP) is 2.27. The normalized spacial score (nSPS) is 10.4. The first-order valence-electron chi connectivity index (χ1n) is 5.65. The van der Waals surface area contributed by atoms with E-state index in [1.807, 2.05) is 25.1 Å². The molecular weight excluding hydrogens is 230 g/mol. The number of rotatable bonds is 3. The van der Waals surface area contributed by atoms with Gasteiger partial charge in [-0.25, -0.2) is 0 Å². The minimum Gasteiger partial charge on any atom is -0.496 e. The molecule has 0 amide bonds. The molecule has 2 rings (SSSR count). The van der Waals surface area contributed by atoms with Crippen molar-refractivity contribution in [1.29, 1.82) is 0 Å². The van der Waals surface area contributed by atoms with Crippen LogP contribution in [-0.4, -0.2) is 25.2 Å². The molecule has 0 aliphatic carbocycles. The van der Waals surface area contributed by atoms with E-state index in [-0.39, 0.29) is 12.4 Å². The number of hydrogen-bond donors (Lipinski definition) is 0. The molecule has 1 aromatic heterocycles. The molecule has 0 radical (unpaired) electrons. The standard InChI is InChI=1S/C14H15NO3/c1-9-6-7-15-11-4-5-12(17-2)10(14(9)11)8-13(16)18-3/h4-7H,8H2,1-3H3. The second-order valence-corrected chi connectivity index (χ2v) is 4.02. The van der Waals surface area contributed by atoms with Gasteiger partial charge in [-0.2, -0.15) is 0 Å². The molecular formula is C14H15NO3. The van der Waals surface area contributed by atoms with Gasteiger partial charge in [0.25, 0.3) is 0 Å². The third kappa shape index (κ3) is 2.14. The molecule has 94 valence electrons. The Hall–Kier alpha value is -2.10. The topological polar surface area (TPSA) is 48.4 Å². The summed E-state index contributed by atoms with van der Waals surface area (Å²) in [6.45, 7) is 1.99. The van der Waals surface area contributed by atoms with Crippen LogP contribution in [0.25, 0.3) is 10.9 Å². The Morgan fingerprint density at radius 2 is 2.06 bits per heavy atom. The van der Waals surface area contributed by atoms with Crippen molar-refractivity contribution in [1.82, 2.24) is 4.98 Å². The third-order valence-electron chi connectivity index (χ3n) is 2.95. The summed E-state index contributed by atoms with van der Waals surface area (Å²) in [4.78, 5) is 15.8. The summed E-state index contributed by atoms with van der Waals surface area (Å²) in [5.41, 5.74) is 2.75. The van der Waals surface area contributed by atoms with Gasteiger partial charge < -0.3 is 9.47 Å². The summed E-state index contributed by atoms with van der Waals surface area (Å²) >= 11 is 0. The highest BCUT2D eigenvalue weighted by atomic mass is 16.5. The van der Waals surface area contributed by atoms with E-state index >= 15 is 0 Å². The van der Waals surface area contributed by atoms with E-state index < -0.39 is 0 Å². The smallest absolute Gasteiger partial charge is 0.310 e. The summed E-state index contributed by atoms with van der Waals surface area (Å²) in [5.74, 6) is 0.396. The van der Waals surface area contributed by atoms with Crippen molar-refractivity contribution in [2.24, 2.45) is 0 Å². The van der Waals surface area contributed by atoms with Crippen molar-refractivity contribution in [3.05, 3.63) is 35.5 Å². The molecule has 0 bridgehead atoms. The summed E-state index contributed by atoms with van der Waals surface area (Å²) in [6.07, 6.45) is 1.94. The summed E-state index contributed by atoms with van der Waals surface area (Å²) in [6, 6.07) is 5.64. The summed E-state index contributed by atoms with van der Waals surface area (Å²) in [7, 11) is 2.97. The Labute approximate surface area is 106 Å². The van der Waals surface area contributed by atoms with Crippen LogP contribution in [0.5, 0.6) is 5.75 Å². The molecule has 4 heteroatoms. The van der Waals surface area contributed by atoms with Crippen molar-refractivity contribution in [3.63, 3.8) is 0 Å². The lowest BCUT2D eigenvalue weighted by molar-refractivity contribution is -0.139. The minimum absolute atomic E-state index is 0.184. The number of esters is 1. The van der Waals surface area contributed by atoms with Crippen LogP contribution in [0.3, 0.4) is 0 Å². The Bertz CT molecular complexity index is 593. The van der Waals surface area contributed by atoms with E-state index in [2.05, 4.69) is 4.98 Å². The molecule has 4 nitrogen and oxygen atoms in total. The summed E-state index contributed by atoms with van der Waals surface area (Å²) in [5, 5.41) is 0.960. The van der Waals surface area contributed by atoms with Gasteiger partial charge in [0.1, 0.15) is 5.75 Å². The number of carbonyl (C=O) groups is 1. The fourth-order valence-corrected chi connectivity index (χ4v) is 2.06. The quantitative estimate of drug-likeness (QED) is 0.778. The number of methoxy groups -OCH3 is 2. The molecule has 0 atom stereocenters. The van der Waals surface area contributed by atoms with Crippen molar-refractivity contribution >= 4 is 16.9 Å². The van der Waals surface area contributed by atoms with Gasteiger partial charge in [0.2, 0.25) is 0 Å². The number of nitrogens with zero attached hydrogens (tertiary/aromatic N) is 1. The molecule has 0 aliphatic rings. The molecule has 0 N–H and O–H groups in total. The molecule has 1 heterocycles. The first kappa shape index (κ1) is 12.4. The van der Waals surface area contributed by atoms with Crippen molar-refractivity contribution in [2.45, 2.75) is 13.3 Å². The molecule has 0 spiro atoms. The predicted molar refractivity (Wildman–Crippen MR) is 68.8 cm³/mol. The fraction of sp³-hybridized carbons (Fsp3) is 0.286. The van der Waals surface area contributed by atoms with Crippen LogP contribution in [0.1, 0.15) is 11.1 Å². The van der Waals surface area contributed by atoms with Crippen LogP contribution in [-0.2, 0) is 16.0 Å². The molecule has 0 aliphatic heterocycles. The lowest BCUT2D eigenvalue weighted by Gasteiger charge is -2.12. The first-order chi connectivity index (χ1) is 8.67. The largest absolute Gasteiger partial charge is 0.496 e. The average Bonchev–Trinajstić information content (AvgIpc) is 2.39. The molecule has 2 aromatic rings. The third-order valence-corrected chi connectivity index (χ3v) is 2.95. The fourth-order valence-electron chi connectivity index (χ4n) is 2.06. The van der Waals surface area contributed by atoms with Gasteiger partial charge in [-0.05, 0) is 30.7 Å². The van der Waals surface area contributed by atoms with E-state index in [4.69, 9.17) is 9.47 Å². The maximum Gasteiger partial charge on any atom is 0.310 e. The molecule has 0 unspecified atom stereocenters. The SMILES string of the molecule is COC(=O)Cc1c(OC)ccc2nccc(C)c12. The number of fused-ring (bicyclic) bond motifs is 1. The van der Waals surface area contributed by atoms with Crippen molar-refractivity contribution in [3.8, 4) is 5.75 Å². The number of aromatic nitrogens is 1. The van der Waals surface area contributed by atoms with Gasteiger partial charge in [0.05, 0.1) is 26.2 Å². The lowest BCUT2D eigenvalue weighted by atomic mass is 10.0. The second kappa shape index (κ2) is 5.04. The molecule has 1 aromatic carbocycles. The maximum absolute atomic E-state index is 11.5. The first-order valence-corrected chi connectivity index (χ1v) is 5.65. The molecule has 0 saturated carbocycles. The Morgan fingerprint density at radius 3 is 2.72 bits per heavy atom. The maximum atomic E-state index is 11.5. The van der Waals surface area contributed by atoms with E-state index in [0.717, 1.165) is 22.0 Å². The zero-order valence-electron chi connectivity index (χ0n) is 10.7. The van der Waals surface area contributed by atoms with Gasteiger partial charge >= 0.3 is 5.97 Å². The number of benzene rings is 1. The van der Waals surface area contributed by atoms with Crippen LogP contribution >= 0.6 is 0 Å². The van der Waals surface area contributed by atoms with Crippen LogP contribution in [0.15, 0.2) is 24.4 Å². The van der Waals surface area contributed by atoms with Gasteiger partial charge in [0, 0.05) is 17.1 Å².